The maximum atomic E-state index is 12.9. The highest BCUT2D eigenvalue weighted by Crippen LogP contribution is 2.40. The standard InChI is InChI=1S/C23H24N4O2/c24-15-18-5-1-2-7-20(18)22(29)26-13-10-23(11-14-26)9-8-21(28)27(17-23)16-19-6-3-4-12-25-19/h1-7,12H,8-11,13-14,16-17H2. The van der Waals surface area contributed by atoms with E-state index in [2.05, 4.69) is 11.1 Å². The van der Waals surface area contributed by atoms with Gasteiger partial charge in [-0.3, -0.25) is 14.6 Å². The summed E-state index contributed by atoms with van der Waals surface area (Å²) in [7, 11) is 0. The van der Waals surface area contributed by atoms with E-state index in [-0.39, 0.29) is 17.2 Å². The summed E-state index contributed by atoms with van der Waals surface area (Å²) in [5, 5.41) is 9.28. The Bertz CT molecular complexity index is 943. The van der Waals surface area contributed by atoms with Gasteiger partial charge in [0.25, 0.3) is 5.91 Å². The average Bonchev–Trinajstić information content (AvgIpc) is 2.77. The summed E-state index contributed by atoms with van der Waals surface area (Å²) in [4.78, 5) is 33.5. The molecule has 0 atom stereocenters. The SMILES string of the molecule is N#Cc1ccccc1C(=O)N1CCC2(CCC(=O)N(Cc3ccccn3)C2)CC1. The van der Waals surface area contributed by atoms with Crippen molar-refractivity contribution < 1.29 is 9.59 Å². The van der Waals surface area contributed by atoms with Crippen LogP contribution in [0.5, 0.6) is 0 Å². The highest BCUT2D eigenvalue weighted by atomic mass is 16.2. The van der Waals surface area contributed by atoms with Crippen LogP contribution in [0.2, 0.25) is 0 Å². The molecule has 148 valence electrons. The molecular formula is C23H24N4O2. The van der Waals surface area contributed by atoms with E-state index in [1.165, 1.54) is 0 Å². The minimum atomic E-state index is -0.0748. The summed E-state index contributed by atoms with van der Waals surface area (Å²) in [6, 6.07) is 14.8. The number of hydrogen-bond acceptors (Lipinski definition) is 4. The predicted octanol–water partition coefficient (Wildman–Crippen LogP) is 3.00. The first-order chi connectivity index (χ1) is 14.1. The topological polar surface area (TPSA) is 77.3 Å². The number of amides is 2. The fraction of sp³-hybridized carbons (Fsp3) is 0.391. The highest BCUT2D eigenvalue weighted by molar-refractivity contribution is 5.96. The lowest BCUT2D eigenvalue weighted by atomic mass is 9.72. The number of aromatic nitrogens is 1. The fourth-order valence-corrected chi connectivity index (χ4v) is 4.46. The van der Waals surface area contributed by atoms with Gasteiger partial charge in [0.15, 0.2) is 0 Å². The molecule has 2 aliphatic rings. The maximum Gasteiger partial charge on any atom is 0.255 e. The van der Waals surface area contributed by atoms with Crippen LogP contribution >= 0.6 is 0 Å². The van der Waals surface area contributed by atoms with Gasteiger partial charge in [0.05, 0.1) is 29.4 Å². The van der Waals surface area contributed by atoms with Crippen LogP contribution in [0.25, 0.3) is 0 Å². The van der Waals surface area contributed by atoms with Crippen molar-refractivity contribution in [1.29, 1.82) is 5.26 Å². The van der Waals surface area contributed by atoms with Crippen LogP contribution in [-0.2, 0) is 11.3 Å². The smallest absolute Gasteiger partial charge is 0.255 e. The Hall–Kier alpha value is -3.20. The van der Waals surface area contributed by atoms with E-state index in [1.54, 1.807) is 30.5 Å². The van der Waals surface area contributed by atoms with Gasteiger partial charge in [0, 0.05) is 32.3 Å². The van der Waals surface area contributed by atoms with Crippen LogP contribution in [0.4, 0.5) is 0 Å². The van der Waals surface area contributed by atoms with Gasteiger partial charge in [-0.25, -0.2) is 0 Å². The molecule has 2 amide bonds. The number of nitriles is 1. The van der Waals surface area contributed by atoms with Crippen molar-refractivity contribution in [3.05, 3.63) is 65.5 Å². The van der Waals surface area contributed by atoms with Crippen molar-refractivity contribution in [2.24, 2.45) is 5.41 Å². The molecule has 0 aliphatic carbocycles. The van der Waals surface area contributed by atoms with Gasteiger partial charge in [0.2, 0.25) is 5.91 Å². The first kappa shape index (κ1) is 19.1. The third-order valence-corrected chi connectivity index (χ3v) is 6.22. The number of rotatable bonds is 3. The Labute approximate surface area is 170 Å². The molecule has 1 spiro atoms. The molecule has 4 rings (SSSR count). The molecule has 29 heavy (non-hydrogen) atoms. The van der Waals surface area contributed by atoms with Crippen LogP contribution < -0.4 is 0 Å². The number of pyridine rings is 1. The second-order valence-electron chi connectivity index (χ2n) is 8.02. The summed E-state index contributed by atoms with van der Waals surface area (Å²) in [6.07, 6.45) is 4.93. The molecule has 2 saturated heterocycles. The minimum Gasteiger partial charge on any atom is -0.339 e. The quantitative estimate of drug-likeness (QED) is 0.810. The lowest BCUT2D eigenvalue weighted by molar-refractivity contribution is -0.139. The van der Waals surface area contributed by atoms with Gasteiger partial charge in [-0.1, -0.05) is 18.2 Å². The van der Waals surface area contributed by atoms with Crippen molar-refractivity contribution in [3.8, 4) is 6.07 Å². The second-order valence-corrected chi connectivity index (χ2v) is 8.02. The van der Waals surface area contributed by atoms with Gasteiger partial charge < -0.3 is 9.80 Å². The predicted molar refractivity (Wildman–Crippen MR) is 108 cm³/mol. The molecule has 0 N–H and O–H groups in total. The van der Waals surface area contributed by atoms with E-state index in [0.29, 0.717) is 37.2 Å². The number of nitrogens with zero attached hydrogens (tertiary/aromatic N) is 4. The molecule has 1 aromatic heterocycles. The molecule has 0 unspecified atom stereocenters. The van der Waals surface area contributed by atoms with Crippen LogP contribution in [0.15, 0.2) is 48.7 Å². The number of likely N-dealkylation sites (tertiary alicyclic amines) is 2. The Balaban J connectivity index is 1.42. The molecule has 0 saturated carbocycles. The zero-order chi connectivity index (χ0) is 20.3. The van der Waals surface area contributed by atoms with Gasteiger partial charge >= 0.3 is 0 Å². The Morgan fingerprint density at radius 2 is 1.86 bits per heavy atom. The van der Waals surface area contributed by atoms with Crippen LogP contribution in [-0.4, -0.2) is 46.2 Å². The Morgan fingerprint density at radius 1 is 1.10 bits per heavy atom. The molecule has 2 aliphatic heterocycles. The van der Waals surface area contributed by atoms with E-state index in [1.807, 2.05) is 28.0 Å². The van der Waals surface area contributed by atoms with Gasteiger partial charge in [-0.2, -0.15) is 5.26 Å². The third kappa shape index (κ3) is 4.00. The summed E-state index contributed by atoms with van der Waals surface area (Å²) < 4.78 is 0. The zero-order valence-corrected chi connectivity index (χ0v) is 16.4. The average molecular weight is 388 g/mol. The lowest BCUT2D eigenvalue weighted by Crippen LogP contribution is -2.52. The molecule has 2 fully saturated rings. The number of carbonyl (C=O) groups is 2. The fourth-order valence-electron chi connectivity index (χ4n) is 4.46. The van der Waals surface area contributed by atoms with Crippen molar-refractivity contribution in [2.75, 3.05) is 19.6 Å². The van der Waals surface area contributed by atoms with E-state index in [9.17, 15) is 14.9 Å². The van der Waals surface area contributed by atoms with Crippen molar-refractivity contribution in [2.45, 2.75) is 32.2 Å². The molecule has 0 bridgehead atoms. The summed E-state index contributed by atoms with van der Waals surface area (Å²) in [6.45, 7) is 2.58. The highest BCUT2D eigenvalue weighted by Gasteiger charge is 2.42. The number of hydrogen-bond donors (Lipinski definition) is 0. The van der Waals surface area contributed by atoms with Gasteiger partial charge in [0.1, 0.15) is 0 Å². The normalized spacial score (nSPS) is 18.5. The van der Waals surface area contributed by atoms with Crippen molar-refractivity contribution in [1.82, 2.24) is 14.8 Å². The number of benzene rings is 1. The monoisotopic (exact) mass is 388 g/mol. The van der Waals surface area contributed by atoms with Gasteiger partial charge in [-0.05, 0) is 48.9 Å². The second kappa shape index (κ2) is 8.04. The molecular weight excluding hydrogens is 364 g/mol. The van der Waals surface area contributed by atoms with Crippen LogP contribution in [0.3, 0.4) is 0 Å². The summed E-state index contributed by atoms with van der Waals surface area (Å²) in [5.74, 6) is 0.108. The molecule has 1 aromatic carbocycles. The van der Waals surface area contributed by atoms with Crippen LogP contribution in [0, 0.1) is 16.7 Å². The molecule has 2 aromatic rings. The van der Waals surface area contributed by atoms with E-state index < -0.39 is 0 Å². The summed E-state index contributed by atoms with van der Waals surface area (Å²) >= 11 is 0. The lowest BCUT2D eigenvalue weighted by Gasteiger charge is -2.47. The van der Waals surface area contributed by atoms with E-state index in [0.717, 1.165) is 31.5 Å². The molecule has 6 heteroatoms. The van der Waals surface area contributed by atoms with Crippen molar-refractivity contribution >= 4 is 11.8 Å². The first-order valence-electron chi connectivity index (χ1n) is 10.1. The van der Waals surface area contributed by atoms with E-state index >= 15 is 0 Å². The maximum absolute atomic E-state index is 12.9. The number of carbonyl (C=O) groups excluding carboxylic acids is 2. The van der Waals surface area contributed by atoms with Gasteiger partial charge in [-0.15, -0.1) is 0 Å². The van der Waals surface area contributed by atoms with E-state index in [4.69, 9.17) is 0 Å². The molecule has 3 heterocycles. The third-order valence-electron chi connectivity index (χ3n) is 6.22. The number of piperidine rings is 2. The minimum absolute atomic E-state index is 0.0637. The molecule has 0 radical (unpaired) electrons. The Morgan fingerprint density at radius 3 is 2.59 bits per heavy atom. The summed E-state index contributed by atoms with van der Waals surface area (Å²) in [5.41, 5.74) is 1.86. The van der Waals surface area contributed by atoms with Crippen LogP contribution in [0.1, 0.15) is 47.3 Å². The first-order valence-corrected chi connectivity index (χ1v) is 10.1. The Kier molecular flexibility index (Phi) is 5.30. The molecule has 6 nitrogen and oxygen atoms in total. The largest absolute Gasteiger partial charge is 0.339 e. The van der Waals surface area contributed by atoms with Crippen molar-refractivity contribution in [3.63, 3.8) is 0 Å². The zero-order valence-electron chi connectivity index (χ0n) is 16.4.